The Hall–Kier alpha value is -1.49. The van der Waals surface area contributed by atoms with Gasteiger partial charge in [0.2, 0.25) is 0 Å². The first-order valence-electron chi connectivity index (χ1n) is 7.11. The van der Waals surface area contributed by atoms with Crippen molar-refractivity contribution in [2.45, 2.75) is 52.6 Å². The van der Waals surface area contributed by atoms with Gasteiger partial charge in [-0.05, 0) is 20.3 Å². The van der Waals surface area contributed by atoms with E-state index in [2.05, 4.69) is 41.2 Å². The van der Waals surface area contributed by atoms with Crippen LogP contribution in [0.2, 0.25) is 5.15 Å². The van der Waals surface area contributed by atoms with Gasteiger partial charge in [-0.15, -0.1) is 0 Å². The van der Waals surface area contributed by atoms with E-state index in [1.807, 2.05) is 17.1 Å². The number of aromatic amines is 1. The van der Waals surface area contributed by atoms with Crippen molar-refractivity contribution >= 4 is 17.3 Å². The van der Waals surface area contributed by atoms with Crippen molar-refractivity contribution in [3.8, 4) is 0 Å². The monoisotopic (exact) mass is 295 g/mol. The van der Waals surface area contributed by atoms with Gasteiger partial charge in [0.1, 0.15) is 5.82 Å². The maximum absolute atomic E-state index is 6.14. The Bertz CT molecular complexity index is 544. The van der Waals surface area contributed by atoms with Gasteiger partial charge < -0.3 is 10.3 Å². The topological polar surface area (TPSA) is 58.5 Å². The first-order valence-corrected chi connectivity index (χ1v) is 7.49. The summed E-state index contributed by atoms with van der Waals surface area (Å²) in [5.41, 5.74) is 1.91. The number of rotatable bonds is 7. The Labute approximate surface area is 124 Å². The summed E-state index contributed by atoms with van der Waals surface area (Å²) in [5.74, 6) is 0.964. The molecule has 6 heteroatoms. The molecule has 0 saturated heterocycles. The summed E-state index contributed by atoms with van der Waals surface area (Å²) in [7, 11) is 0. The molecular weight excluding hydrogens is 274 g/mol. The molecule has 0 radical (unpaired) electrons. The fraction of sp³-hybridized carbons (Fsp3) is 0.571. The van der Waals surface area contributed by atoms with E-state index in [1.165, 1.54) is 0 Å². The molecule has 2 aromatic rings. The van der Waals surface area contributed by atoms with Crippen molar-refractivity contribution in [3.05, 3.63) is 29.1 Å². The average Bonchev–Trinajstić information content (AvgIpc) is 3.01. The molecular formula is C14H22ClN5. The van der Waals surface area contributed by atoms with Crippen molar-refractivity contribution in [1.82, 2.24) is 19.7 Å². The summed E-state index contributed by atoms with van der Waals surface area (Å²) < 4.78 is 1.92. The lowest BCUT2D eigenvalue weighted by Crippen LogP contribution is -2.01. The SMILES string of the molecule is CCCCc1nc(Cl)c(CNc2cnn(C(C)C)c2)[nH]1. The van der Waals surface area contributed by atoms with Crippen molar-refractivity contribution in [2.24, 2.45) is 0 Å². The Morgan fingerprint density at radius 2 is 2.25 bits per heavy atom. The van der Waals surface area contributed by atoms with Crippen molar-refractivity contribution in [2.75, 3.05) is 5.32 Å². The lowest BCUT2D eigenvalue weighted by molar-refractivity contribution is 0.532. The molecule has 0 unspecified atom stereocenters. The molecule has 0 aliphatic heterocycles. The number of anilines is 1. The molecule has 0 bridgehead atoms. The maximum Gasteiger partial charge on any atom is 0.152 e. The first kappa shape index (κ1) is 14.9. The van der Waals surface area contributed by atoms with Crippen molar-refractivity contribution < 1.29 is 0 Å². The zero-order valence-electron chi connectivity index (χ0n) is 12.3. The van der Waals surface area contributed by atoms with Gasteiger partial charge in [-0.25, -0.2) is 4.98 Å². The van der Waals surface area contributed by atoms with E-state index in [9.17, 15) is 0 Å². The lowest BCUT2D eigenvalue weighted by atomic mass is 10.2. The number of hydrogen-bond acceptors (Lipinski definition) is 3. The van der Waals surface area contributed by atoms with Crippen LogP contribution in [0.15, 0.2) is 12.4 Å². The molecule has 2 rings (SSSR count). The third-order valence-corrected chi connectivity index (χ3v) is 3.46. The van der Waals surface area contributed by atoms with Gasteiger partial charge >= 0.3 is 0 Å². The summed E-state index contributed by atoms with van der Waals surface area (Å²) >= 11 is 6.14. The number of unbranched alkanes of at least 4 members (excludes halogenated alkanes) is 1. The molecule has 0 aliphatic rings. The summed E-state index contributed by atoms with van der Waals surface area (Å²) in [4.78, 5) is 7.63. The molecule has 0 amide bonds. The molecule has 0 aliphatic carbocycles. The molecule has 110 valence electrons. The summed E-state index contributed by atoms with van der Waals surface area (Å²) in [6.45, 7) is 6.99. The minimum Gasteiger partial charge on any atom is -0.377 e. The normalized spacial score (nSPS) is 11.2. The van der Waals surface area contributed by atoms with Gasteiger partial charge in [-0.2, -0.15) is 5.10 Å². The number of nitrogens with zero attached hydrogens (tertiary/aromatic N) is 3. The Morgan fingerprint density at radius 1 is 1.45 bits per heavy atom. The number of imidazole rings is 1. The van der Waals surface area contributed by atoms with E-state index in [4.69, 9.17) is 11.6 Å². The molecule has 5 nitrogen and oxygen atoms in total. The van der Waals surface area contributed by atoms with Crippen LogP contribution < -0.4 is 5.32 Å². The highest BCUT2D eigenvalue weighted by atomic mass is 35.5. The van der Waals surface area contributed by atoms with Gasteiger partial charge in [-0.3, -0.25) is 4.68 Å². The largest absolute Gasteiger partial charge is 0.377 e. The fourth-order valence-electron chi connectivity index (χ4n) is 1.92. The molecule has 2 heterocycles. The zero-order valence-corrected chi connectivity index (χ0v) is 13.0. The smallest absolute Gasteiger partial charge is 0.152 e. The predicted molar refractivity (Wildman–Crippen MR) is 82.1 cm³/mol. The van der Waals surface area contributed by atoms with E-state index >= 15 is 0 Å². The van der Waals surface area contributed by atoms with Crippen LogP contribution in [0.5, 0.6) is 0 Å². The van der Waals surface area contributed by atoms with Crippen molar-refractivity contribution in [3.63, 3.8) is 0 Å². The number of aromatic nitrogens is 4. The highest BCUT2D eigenvalue weighted by Gasteiger charge is 2.08. The number of H-pyrrole nitrogens is 1. The van der Waals surface area contributed by atoms with Crippen LogP contribution in [-0.2, 0) is 13.0 Å². The number of nitrogens with one attached hydrogen (secondary N) is 2. The van der Waals surface area contributed by atoms with Crippen LogP contribution in [0.4, 0.5) is 5.69 Å². The van der Waals surface area contributed by atoms with E-state index in [0.29, 0.717) is 17.7 Å². The molecule has 0 saturated carbocycles. The molecule has 20 heavy (non-hydrogen) atoms. The second-order valence-corrected chi connectivity index (χ2v) is 5.57. The predicted octanol–water partition coefficient (Wildman–Crippen LogP) is 3.80. The van der Waals surface area contributed by atoms with Gasteiger partial charge in [0.05, 0.1) is 24.1 Å². The van der Waals surface area contributed by atoms with Crippen LogP contribution in [0.3, 0.4) is 0 Å². The third-order valence-electron chi connectivity index (χ3n) is 3.14. The second-order valence-electron chi connectivity index (χ2n) is 5.21. The third kappa shape index (κ3) is 3.76. The molecule has 0 atom stereocenters. The second kappa shape index (κ2) is 6.79. The Balaban J connectivity index is 1.94. The average molecular weight is 296 g/mol. The summed E-state index contributed by atoms with van der Waals surface area (Å²) in [6.07, 6.45) is 7.04. The molecule has 2 aromatic heterocycles. The van der Waals surface area contributed by atoms with Crippen LogP contribution in [0, 0.1) is 0 Å². The van der Waals surface area contributed by atoms with Gasteiger partial charge in [0.15, 0.2) is 5.15 Å². The van der Waals surface area contributed by atoms with Crippen LogP contribution in [0.1, 0.15) is 51.2 Å². The Kier molecular flexibility index (Phi) is 5.06. The maximum atomic E-state index is 6.14. The first-order chi connectivity index (χ1) is 9.60. The zero-order chi connectivity index (χ0) is 14.5. The molecule has 0 fully saturated rings. The fourth-order valence-corrected chi connectivity index (χ4v) is 2.14. The minimum atomic E-state index is 0.363. The number of halogens is 1. The standard InChI is InChI=1S/C14H22ClN5/c1-4-5-6-13-18-12(14(15)19-13)8-16-11-7-17-20(9-11)10(2)3/h7,9-10,16H,4-6,8H2,1-3H3,(H,18,19). The van der Waals surface area contributed by atoms with E-state index in [0.717, 1.165) is 36.5 Å². The van der Waals surface area contributed by atoms with E-state index < -0.39 is 0 Å². The Morgan fingerprint density at radius 3 is 2.90 bits per heavy atom. The number of aryl methyl sites for hydroxylation is 1. The molecule has 2 N–H and O–H groups in total. The van der Waals surface area contributed by atoms with E-state index in [-0.39, 0.29) is 0 Å². The van der Waals surface area contributed by atoms with Gasteiger partial charge in [-0.1, -0.05) is 24.9 Å². The van der Waals surface area contributed by atoms with Gasteiger partial charge in [0.25, 0.3) is 0 Å². The lowest BCUT2D eigenvalue weighted by Gasteiger charge is -2.04. The van der Waals surface area contributed by atoms with E-state index in [1.54, 1.807) is 0 Å². The molecule has 0 aromatic carbocycles. The highest BCUT2D eigenvalue weighted by molar-refractivity contribution is 6.30. The minimum absolute atomic E-state index is 0.363. The quantitative estimate of drug-likeness (QED) is 0.817. The van der Waals surface area contributed by atoms with Gasteiger partial charge in [0, 0.05) is 18.7 Å². The van der Waals surface area contributed by atoms with Crippen molar-refractivity contribution in [1.29, 1.82) is 0 Å². The van der Waals surface area contributed by atoms with Crippen LogP contribution in [0.25, 0.3) is 0 Å². The summed E-state index contributed by atoms with van der Waals surface area (Å²) in [6, 6.07) is 0.363. The summed E-state index contributed by atoms with van der Waals surface area (Å²) in [5, 5.41) is 8.15. The van der Waals surface area contributed by atoms with Crippen LogP contribution >= 0.6 is 11.6 Å². The number of hydrogen-bond donors (Lipinski definition) is 2. The highest BCUT2D eigenvalue weighted by Crippen LogP contribution is 2.17. The van der Waals surface area contributed by atoms with Crippen LogP contribution in [-0.4, -0.2) is 19.7 Å². The molecule has 0 spiro atoms.